The second-order valence-corrected chi connectivity index (χ2v) is 4.26. The van der Waals surface area contributed by atoms with Gasteiger partial charge in [0.2, 0.25) is 0 Å². The number of carbonyl (C=O) groups is 1. The summed E-state index contributed by atoms with van der Waals surface area (Å²) in [5.74, 6) is 0.493. The molecular weight excluding hydrogens is 178 g/mol. The van der Waals surface area contributed by atoms with Crippen LogP contribution in [0.1, 0.15) is 39.0 Å². The molecule has 0 bridgehead atoms. The van der Waals surface area contributed by atoms with Crippen LogP contribution in [0.2, 0.25) is 0 Å². The molecule has 1 fully saturated rings. The molecule has 0 aromatic heterocycles. The van der Waals surface area contributed by atoms with Gasteiger partial charge in [0.1, 0.15) is 0 Å². The number of hydrogen-bond donors (Lipinski definition) is 1. The van der Waals surface area contributed by atoms with E-state index in [1.807, 2.05) is 6.92 Å². The van der Waals surface area contributed by atoms with Gasteiger partial charge in [-0.15, -0.1) is 0 Å². The van der Waals surface area contributed by atoms with Crippen molar-refractivity contribution in [1.29, 1.82) is 0 Å². The van der Waals surface area contributed by atoms with Gasteiger partial charge in [0.25, 0.3) is 0 Å². The van der Waals surface area contributed by atoms with Crippen molar-refractivity contribution in [2.75, 3.05) is 13.2 Å². The number of hydrogen-bond acceptors (Lipinski definition) is 3. The third-order valence-electron chi connectivity index (χ3n) is 2.94. The summed E-state index contributed by atoms with van der Waals surface area (Å²) in [5.41, 5.74) is 5.38. The Morgan fingerprint density at radius 2 is 2.14 bits per heavy atom. The van der Waals surface area contributed by atoms with Crippen molar-refractivity contribution in [3.05, 3.63) is 0 Å². The zero-order valence-electron chi connectivity index (χ0n) is 9.00. The van der Waals surface area contributed by atoms with Gasteiger partial charge in [0, 0.05) is 0 Å². The van der Waals surface area contributed by atoms with Crippen LogP contribution in [0.3, 0.4) is 0 Å². The first-order valence-corrected chi connectivity index (χ1v) is 5.60. The first kappa shape index (κ1) is 11.5. The van der Waals surface area contributed by atoms with Crippen LogP contribution in [0.4, 0.5) is 0 Å². The highest BCUT2D eigenvalue weighted by molar-refractivity contribution is 5.71. The van der Waals surface area contributed by atoms with E-state index in [4.69, 9.17) is 10.5 Å². The van der Waals surface area contributed by atoms with Crippen molar-refractivity contribution in [3.63, 3.8) is 0 Å². The number of rotatable bonds is 5. The lowest BCUT2D eigenvalue weighted by Gasteiger charge is -2.13. The Bertz CT molecular complexity index is 176. The number of ether oxygens (including phenoxy) is 1. The van der Waals surface area contributed by atoms with E-state index >= 15 is 0 Å². The zero-order chi connectivity index (χ0) is 10.4. The van der Waals surface area contributed by atoms with E-state index < -0.39 is 0 Å². The second kappa shape index (κ2) is 6.02. The van der Waals surface area contributed by atoms with E-state index in [9.17, 15) is 4.79 Å². The number of esters is 1. The molecule has 82 valence electrons. The Labute approximate surface area is 86.0 Å². The van der Waals surface area contributed by atoms with Crippen molar-refractivity contribution >= 4 is 5.97 Å². The number of carbonyl (C=O) groups excluding carboxylic acids is 1. The smallest absolute Gasteiger partial charge is 0.308 e. The Hall–Kier alpha value is -0.570. The van der Waals surface area contributed by atoms with E-state index in [1.165, 1.54) is 25.7 Å². The van der Waals surface area contributed by atoms with Crippen LogP contribution in [0.5, 0.6) is 0 Å². The third-order valence-corrected chi connectivity index (χ3v) is 2.94. The average Bonchev–Trinajstić information content (AvgIpc) is 2.67. The largest absolute Gasteiger partial charge is 0.465 e. The summed E-state index contributed by atoms with van der Waals surface area (Å²) in [7, 11) is 0. The first-order valence-electron chi connectivity index (χ1n) is 5.60. The van der Waals surface area contributed by atoms with Crippen LogP contribution in [0, 0.1) is 11.8 Å². The molecule has 0 aromatic carbocycles. The standard InChI is InChI=1S/C11H21NO2/c1-9(6-7-12)11(13)14-8-10-4-2-3-5-10/h9-10H,2-8,12H2,1H3. The molecule has 0 heterocycles. The molecule has 3 nitrogen and oxygen atoms in total. The van der Waals surface area contributed by atoms with Gasteiger partial charge in [-0.1, -0.05) is 19.8 Å². The van der Waals surface area contributed by atoms with Gasteiger partial charge in [0.15, 0.2) is 0 Å². The Kier molecular flexibility index (Phi) is 4.94. The maximum Gasteiger partial charge on any atom is 0.308 e. The monoisotopic (exact) mass is 199 g/mol. The van der Waals surface area contributed by atoms with Crippen LogP contribution >= 0.6 is 0 Å². The third kappa shape index (κ3) is 3.66. The molecule has 1 rings (SSSR count). The van der Waals surface area contributed by atoms with Crippen molar-refractivity contribution in [2.45, 2.75) is 39.0 Å². The van der Waals surface area contributed by atoms with Crippen molar-refractivity contribution in [2.24, 2.45) is 17.6 Å². The van der Waals surface area contributed by atoms with Crippen LogP contribution in [0.25, 0.3) is 0 Å². The predicted molar refractivity (Wildman–Crippen MR) is 55.8 cm³/mol. The van der Waals surface area contributed by atoms with Gasteiger partial charge in [-0.25, -0.2) is 0 Å². The van der Waals surface area contributed by atoms with Crippen LogP contribution < -0.4 is 5.73 Å². The molecule has 1 aliphatic rings. The highest BCUT2D eigenvalue weighted by atomic mass is 16.5. The fraction of sp³-hybridized carbons (Fsp3) is 0.909. The predicted octanol–water partition coefficient (Wildman–Crippen LogP) is 1.70. The van der Waals surface area contributed by atoms with Crippen LogP contribution in [-0.2, 0) is 9.53 Å². The first-order chi connectivity index (χ1) is 6.74. The van der Waals surface area contributed by atoms with E-state index in [0.29, 0.717) is 19.1 Å². The molecule has 0 aromatic rings. The molecule has 1 saturated carbocycles. The molecule has 0 radical (unpaired) electrons. The minimum Gasteiger partial charge on any atom is -0.465 e. The lowest BCUT2D eigenvalue weighted by atomic mass is 10.1. The fourth-order valence-corrected chi connectivity index (χ4v) is 1.89. The normalized spacial score (nSPS) is 19.6. The Balaban J connectivity index is 2.13. The minimum atomic E-state index is -0.0812. The van der Waals surface area contributed by atoms with Crippen molar-refractivity contribution < 1.29 is 9.53 Å². The van der Waals surface area contributed by atoms with Gasteiger partial charge >= 0.3 is 5.97 Å². The molecule has 14 heavy (non-hydrogen) atoms. The maximum absolute atomic E-state index is 11.4. The SMILES string of the molecule is CC(CCN)C(=O)OCC1CCCC1. The van der Waals surface area contributed by atoms with Gasteiger partial charge in [-0.2, -0.15) is 0 Å². The summed E-state index contributed by atoms with van der Waals surface area (Å²) in [6.45, 7) is 3.05. The quantitative estimate of drug-likeness (QED) is 0.686. The highest BCUT2D eigenvalue weighted by Gasteiger charge is 2.19. The molecule has 1 atom stereocenters. The van der Waals surface area contributed by atoms with Gasteiger partial charge in [0.05, 0.1) is 12.5 Å². The van der Waals surface area contributed by atoms with E-state index in [0.717, 1.165) is 6.42 Å². The number of nitrogens with two attached hydrogens (primary N) is 1. The van der Waals surface area contributed by atoms with E-state index in [1.54, 1.807) is 0 Å². The summed E-state index contributed by atoms with van der Waals surface area (Å²) < 4.78 is 5.25. The fourth-order valence-electron chi connectivity index (χ4n) is 1.89. The second-order valence-electron chi connectivity index (χ2n) is 4.26. The summed E-state index contributed by atoms with van der Waals surface area (Å²) in [4.78, 5) is 11.4. The van der Waals surface area contributed by atoms with E-state index in [2.05, 4.69) is 0 Å². The molecule has 1 unspecified atom stereocenters. The maximum atomic E-state index is 11.4. The molecular formula is C11H21NO2. The summed E-state index contributed by atoms with van der Waals surface area (Å²) >= 11 is 0. The zero-order valence-corrected chi connectivity index (χ0v) is 9.00. The van der Waals surface area contributed by atoms with Gasteiger partial charge in [-0.3, -0.25) is 4.79 Å². The highest BCUT2D eigenvalue weighted by Crippen LogP contribution is 2.25. The minimum absolute atomic E-state index is 0.0404. The molecule has 3 heteroatoms. The lowest BCUT2D eigenvalue weighted by Crippen LogP contribution is -2.20. The lowest BCUT2D eigenvalue weighted by molar-refractivity contribution is -0.149. The van der Waals surface area contributed by atoms with Crippen LogP contribution in [-0.4, -0.2) is 19.1 Å². The molecule has 0 spiro atoms. The van der Waals surface area contributed by atoms with E-state index in [-0.39, 0.29) is 11.9 Å². The average molecular weight is 199 g/mol. The Morgan fingerprint density at radius 3 is 2.71 bits per heavy atom. The summed E-state index contributed by atoms with van der Waals surface area (Å²) in [5, 5.41) is 0. The van der Waals surface area contributed by atoms with Crippen molar-refractivity contribution in [1.82, 2.24) is 0 Å². The van der Waals surface area contributed by atoms with Crippen LogP contribution in [0.15, 0.2) is 0 Å². The molecule has 0 saturated heterocycles. The molecule has 0 aliphatic heterocycles. The topological polar surface area (TPSA) is 52.3 Å². The summed E-state index contributed by atoms with van der Waals surface area (Å²) in [6, 6.07) is 0. The molecule has 0 amide bonds. The van der Waals surface area contributed by atoms with Gasteiger partial charge in [-0.05, 0) is 31.7 Å². The molecule has 1 aliphatic carbocycles. The summed E-state index contributed by atoms with van der Waals surface area (Å²) in [6.07, 6.45) is 5.75. The molecule has 2 N–H and O–H groups in total. The Morgan fingerprint density at radius 1 is 1.50 bits per heavy atom. The van der Waals surface area contributed by atoms with Gasteiger partial charge < -0.3 is 10.5 Å². The van der Waals surface area contributed by atoms with Crippen molar-refractivity contribution in [3.8, 4) is 0 Å².